The van der Waals surface area contributed by atoms with E-state index in [4.69, 9.17) is 12.6 Å². The molecule has 1 aromatic carbocycles. The molecule has 0 fully saturated rings. The topological polar surface area (TPSA) is 0 Å². The molecule has 1 rings (SSSR count). The van der Waals surface area contributed by atoms with Crippen LogP contribution in [0, 0.1) is 5.41 Å². The lowest BCUT2D eigenvalue weighted by Crippen LogP contribution is -2.15. The summed E-state index contributed by atoms with van der Waals surface area (Å²) in [5.74, 6) is 0. The number of thiol groups is 1. The Labute approximate surface area is 106 Å². The molecule has 0 aliphatic carbocycles. The van der Waals surface area contributed by atoms with E-state index in [0.717, 1.165) is 6.42 Å². The Bertz CT molecular complexity index is 364. The smallest absolute Gasteiger partial charge is 0.0110 e. The van der Waals surface area contributed by atoms with Crippen LogP contribution < -0.4 is 0 Å². The van der Waals surface area contributed by atoms with Gasteiger partial charge in [-0.2, -0.15) is 0 Å². The molecule has 0 spiro atoms. The molecule has 0 heterocycles. The Balaban J connectivity index is 3.15. The summed E-state index contributed by atoms with van der Waals surface area (Å²) >= 11 is 4.72. The lowest BCUT2D eigenvalue weighted by Gasteiger charge is -2.25. The summed E-state index contributed by atoms with van der Waals surface area (Å²) in [6.45, 7) is 13.5. The lowest BCUT2D eigenvalue weighted by atomic mass is 9.82. The van der Waals surface area contributed by atoms with Gasteiger partial charge in [0.05, 0.1) is 0 Å². The van der Waals surface area contributed by atoms with Gasteiger partial charge in [0.15, 0.2) is 0 Å². The van der Waals surface area contributed by atoms with Crippen LogP contribution in [0.3, 0.4) is 0 Å². The summed E-state index contributed by atoms with van der Waals surface area (Å²) in [4.78, 5) is 1.17. The normalized spacial score (nSPS) is 12.9. The van der Waals surface area contributed by atoms with E-state index in [-0.39, 0.29) is 5.41 Å². The van der Waals surface area contributed by atoms with Gasteiger partial charge >= 0.3 is 0 Å². The largest absolute Gasteiger partial charge is 0.143 e. The first kappa shape index (κ1) is 13.6. The van der Waals surface area contributed by atoms with Crippen LogP contribution in [0.2, 0.25) is 0 Å². The van der Waals surface area contributed by atoms with Crippen LogP contribution in [-0.2, 0) is 11.8 Å². The summed E-state index contributed by atoms with van der Waals surface area (Å²) in [7, 11) is 0. The van der Waals surface area contributed by atoms with Crippen LogP contribution in [0.4, 0.5) is 0 Å². The van der Waals surface area contributed by atoms with Crippen molar-refractivity contribution in [1.82, 2.24) is 0 Å². The zero-order valence-electron chi connectivity index (χ0n) is 11.4. The van der Waals surface area contributed by atoms with E-state index in [1.54, 1.807) is 0 Å². The van der Waals surface area contributed by atoms with Gasteiger partial charge < -0.3 is 0 Å². The average molecular weight is 236 g/mol. The average Bonchev–Trinajstić information content (AvgIpc) is 2.04. The molecule has 90 valence electrons. The lowest BCUT2D eigenvalue weighted by molar-refractivity contribution is 0.407. The summed E-state index contributed by atoms with van der Waals surface area (Å²) in [6.07, 6.45) is 1.08. The first-order valence-electron chi connectivity index (χ1n) is 5.92. The minimum atomic E-state index is 0.172. The predicted octanol–water partition coefficient (Wildman–Crippen LogP) is 4.86. The number of hydrogen-bond donors (Lipinski definition) is 1. The van der Waals surface area contributed by atoms with Crippen molar-refractivity contribution in [1.29, 1.82) is 0 Å². The zero-order valence-corrected chi connectivity index (χ0v) is 12.3. The van der Waals surface area contributed by atoms with Crippen LogP contribution in [0.1, 0.15) is 52.7 Å². The maximum atomic E-state index is 4.72. The minimum Gasteiger partial charge on any atom is -0.143 e. The Hall–Kier alpha value is -0.430. The summed E-state index contributed by atoms with van der Waals surface area (Å²) in [5.41, 5.74) is 3.19. The molecular weight excluding hydrogens is 212 g/mol. The molecule has 0 atom stereocenters. The van der Waals surface area contributed by atoms with Crippen LogP contribution in [0.25, 0.3) is 0 Å². The van der Waals surface area contributed by atoms with Gasteiger partial charge in [0.2, 0.25) is 0 Å². The van der Waals surface area contributed by atoms with Crippen molar-refractivity contribution in [2.75, 3.05) is 0 Å². The summed E-state index contributed by atoms with van der Waals surface area (Å²) < 4.78 is 0. The second-order valence-corrected chi connectivity index (χ2v) is 7.25. The SMILES string of the molecule is CC(C)(C)Cc1cccc(C(C)(C)C)c1S. The number of benzene rings is 1. The van der Waals surface area contributed by atoms with Crippen molar-refractivity contribution in [3.63, 3.8) is 0 Å². The second kappa shape index (κ2) is 4.44. The van der Waals surface area contributed by atoms with E-state index >= 15 is 0 Å². The molecule has 0 unspecified atom stereocenters. The Morgan fingerprint density at radius 3 is 2.00 bits per heavy atom. The van der Waals surface area contributed by atoms with Crippen LogP contribution in [-0.4, -0.2) is 0 Å². The zero-order chi connectivity index (χ0) is 12.6. The van der Waals surface area contributed by atoms with E-state index < -0.39 is 0 Å². The van der Waals surface area contributed by atoms with Crippen molar-refractivity contribution in [2.45, 2.75) is 58.3 Å². The molecule has 0 N–H and O–H groups in total. The fourth-order valence-electron chi connectivity index (χ4n) is 1.91. The van der Waals surface area contributed by atoms with Crippen molar-refractivity contribution in [2.24, 2.45) is 5.41 Å². The molecule has 0 saturated heterocycles. The fourth-order valence-corrected chi connectivity index (χ4v) is 2.47. The monoisotopic (exact) mass is 236 g/mol. The fraction of sp³-hybridized carbons (Fsp3) is 0.600. The molecule has 0 nitrogen and oxygen atoms in total. The Morgan fingerprint density at radius 1 is 1.00 bits per heavy atom. The molecule has 1 heteroatoms. The van der Waals surface area contributed by atoms with Gasteiger partial charge in [0.25, 0.3) is 0 Å². The quantitative estimate of drug-likeness (QED) is 0.661. The third-order valence-electron chi connectivity index (χ3n) is 2.65. The van der Waals surface area contributed by atoms with E-state index in [1.807, 2.05) is 0 Å². The molecule has 16 heavy (non-hydrogen) atoms. The highest BCUT2D eigenvalue weighted by atomic mass is 32.1. The Kier molecular flexibility index (Phi) is 3.79. The first-order valence-corrected chi connectivity index (χ1v) is 6.37. The molecule has 0 aliphatic heterocycles. The highest BCUT2D eigenvalue weighted by Gasteiger charge is 2.20. The number of hydrogen-bond acceptors (Lipinski definition) is 1. The summed E-state index contributed by atoms with van der Waals surface area (Å²) in [6, 6.07) is 6.54. The van der Waals surface area contributed by atoms with Crippen molar-refractivity contribution in [3.05, 3.63) is 29.3 Å². The van der Waals surface area contributed by atoms with E-state index in [1.165, 1.54) is 16.0 Å². The van der Waals surface area contributed by atoms with E-state index in [0.29, 0.717) is 5.41 Å². The van der Waals surface area contributed by atoms with Gasteiger partial charge in [0, 0.05) is 4.90 Å². The maximum absolute atomic E-state index is 4.72. The van der Waals surface area contributed by atoms with E-state index in [2.05, 4.69) is 59.7 Å². The predicted molar refractivity (Wildman–Crippen MR) is 75.6 cm³/mol. The molecule has 0 saturated carbocycles. The van der Waals surface area contributed by atoms with Crippen molar-refractivity contribution < 1.29 is 0 Å². The van der Waals surface area contributed by atoms with Gasteiger partial charge in [-0.3, -0.25) is 0 Å². The molecule has 1 aromatic rings. The highest BCUT2D eigenvalue weighted by Crippen LogP contribution is 2.33. The second-order valence-electron chi connectivity index (χ2n) is 6.80. The third kappa shape index (κ3) is 3.55. The van der Waals surface area contributed by atoms with Gasteiger partial charge in [0.1, 0.15) is 0 Å². The highest BCUT2D eigenvalue weighted by molar-refractivity contribution is 7.80. The molecule has 0 bridgehead atoms. The van der Waals surface area contributed by atoms with Crippen molar-refractivity contribution >= 4 is 12.6 Å². The minimum absolute atomic E-state index is 0.172. The molecule has 0 amide bonds. The summed E-state index contributed by atoms with van der Waals surface area (Å²) in [5, 5.41) is 0. The van der Waals surface area contributed by atoms with Gasteiger partial charge in [-0.15, -0.1) is 12.6 Å². The van der Waals surface area contributed by atoms with E-state index in [9.17, 15) is 0 Å². The van der Waals surface area contributed by atoms with Crippen LogP contribution in [0.5, 0.6) is 0 Å². The van der Waals surface area contributed by atoms with Gasteiger partial charge in [-0.1, -0.05) is 59.7 Å². The van der Waals surface area contributed by atoms with Gasteiger partial charge in [-0.05, 0) is 28.4 Å². The molecular formula is C15H24S. The molecule has 0 aliphatic rings. The van der Waals surface area contributed by atoms with Crippen LogP contribution >= 0.6 is 12.6 Å². The standard InChI is InChI=1S/C15H24S/c1-14(2,3)10-11-8-7-9-12(13(11)16)15(4,5)6/h7-9,16H,10H2,1-6H3. The van der Waals surface area contributed by atoms with Crippen LogP contribution in [0.15, 0.2) is 23.1 Å². The van der Waals surface area contributed by atoms with Gasteiger partial charge in [-0.25, -0.2) is 0 Å². The molecule has 0 aromatic heterocycles. The Morgan fingerprint density at radius 2 is 1.56 bits per heavy atom. The maximum Gasteiger partial charge on any atom is 0.0110 e. The first-order chi connectivity index (χ1) is 7.11. The molecule has 0 radical (unpaired) electrons. The van der Waals surface area contributed by atoms with Crippen molar-refractivity contribution in [3.8, 4) is 0 Å². The third-order valence-corrected chi connectivity index (χ3v) is 3.18. The number of rotatable bonds is 1.